The van der Waals surface area contributed by atoms with E-state index in [-0.39, 0.29) is 0 Å². The van der Waals surface area contributed by atoms with E-state index in [0.717, 1.165) is 17.9 Å². The third-order valence-corrected chi connectivity index (χ3v) is 4.27. The first-order chi connectivity index (χ1) is 8.58. The Balaban J connectivity index is 2.00. The van der Waals surface area contributed by atoms with Crippen molar-refractivity contribution < 1.29 is 0 Å². The molecule has 0 aromatic heterocycles. The van der Waals surface area contributed by atoms with E-state index in [1.165, 1.54) is 24.9 Å². The topological polar surface area (TPSA) is 3.24 Å². The average Bonchev–Trinajstić information content (AvgIpc) is 2.74. The SMILES string of the molecule is CC(C)C1CC(Cc2ccccc2)CN1C(C)C. The van der Waals surface area contributed by atoms with Gasteiger partial charge in [-0.25, -0.2) is 0 Å². The van der Waals surface area contributed by atoms with Crippen molar-refractivity contribution in [2.75, 3.05) is 6.54 Å². The predicted molar refractivity (Wildman–Crippen MR) is 78.7 cm³/mol. The first-order valence-corrected chi connectivity index (χ1v) is 7.37. The van der Waals surface area contributed by atoms with E-state index >= 15 is 0 Å². The second kappa shape index (κ2) is 5.88. The van der Waals surface area contributed by atoms with Gasteiger partial charge in [-0.05, 0) is 44.1 Å². The zero-order chi connectivity index (χ0) is 13.1. The fourth-order valence-electron chi connectivity index (χ4n) is 3.33. The lowest BCUT2D eigenvalue weighted by atomic mass is 9.93. The molecule has 1 saturated heterocycles. The number of benzene rings is 1. The Morgan fingerprint density at radius 3 is 2.28 bits per heavy atom. The van der Waals surface area contributed by atoms with Crippen molar-refractivity contribution in [2.24, 2.45) is 11.8 Å². The third-order valence-electron chi connectivity index (χ3n) is 4.27. The fraction of sp³-hybridized carbons (Fsp3) is 0.647. The summed E-state index contributed by atoms with van der Waals surface area (Å²) in [5.41, 5.74) is 1.50. The average molecular weight is 245 g/mol. The molecule has 0 spiro atoms. The molecule has 1 nitrogen and oxygen atoms in total. The van der Waals surface area contributed by atoms with Crippen LogP contribution in [0.25, 0.3) is 0 Å². The molecule has 0 amide bonds. The summed E-state index contributed by atoms with van der Waals surface area (Å²) in [5.74, 6) is 1.61. The maximum absolute atomic E-state index is 2.71. The minimum Gasteiger partial charge on any atom is -0.297 e. The van der Waals surface area contributed by atoms with E-state index < -0.39 is 0 Å². The first kappa shape index (κ1) is 13.6. The van der Waals surface area contributed by atoms with Crippen molar-refractivity contribution in [2.45, 2.75) is 52.6 Å². The molecule has 0 aliphatic carbocycles. The second-order valence-corrected chi connectivity index (χ2v) is 6.39. The predicted octanol–water partition coefficient (Wildman–Crippen LogP) is 3.98. The van der Waals surface area contributed by atoms with Crippen LogP contribution in [0.4, 0.5) is 0 Å². The molecular weight excluding hydrogens is 218 g/mol. The molecule has 1 heteroatoms. The van der Waals surface area contributed by atoms with Crippen LogP contribution in [0.5, 0.6) is 0 Å². The lowest BCUT2D eigenvalue weighted by Crippen LogP contribution is -2.38. The van der Waals surface area contributed by atoms with E-state index in [1.54, 1.807) is 0 Å². The first-order valence-electron chi connectivity index (χ1n) is 7.37. The van der Waals surface area contributed by atoms with Crippen molar-refractivity contribution in [1.82, 2.24) is 4.90 Å². The highest BCUT2D eigenvalue weighted by atomic mass is 15.2. The van der Waals surface area contributed by atoms with Crippen LogP contribution in [0.15, 0.2) is 30.3 Å². The van der Waals surface area contributed by atoms with Crippen LogP contribution in [0, 0.1) is 11.8 Å². The smallest absolute Gasteiger partial charge is 0.0124 e. The third kappa shape index (κ3) is 3.14. The van der Waals surface area contributed by atoms with Gasteiger partial charge in [0.05, 0.1) is 0 Å². The van der Waals surface area contributed by atoms with Crippen molar-refractivity contribution in [1.29, 1.82) is 0 Å². The summed E-state index contributed by atoms with van der Waals surface area (Å²) in [7, 11) is 0. The molecule has 0 N–H and O–H groups in total. The minimum absolute atomic E-state index is 0.679. The maximum Gasteiger partial charge on any atom is 0.0124 e. The van der Waals surface area contributed by atoms with Crippen LogP contribution in [0.3, 0.4) is 0 Å². The van der Waals surface area contributed by atoms with E-state index in [2.05, 4.69) is 62.9 Å². The number of hydrogen-bond acceptors (Lipinski definition) is 1. The van der Waals surface area contributed by atoms with Crippen LogP contribution in [0.2, 0.25) is 0 Å². The highest BCUT2D eigenvalue weighted by Crippen LogP contribution is 2.31. The van der Waals surface area contributed by atoms with Crippen molar-refractivity contribution >= 4 is 0 Å². The van der Waals surface area contributed by atoms with Gasteiger partial charge in [0.2, 0.25) is 0 Å². The molecule has 2 rings (SSSR count). The van der Waals surface area contributed by atoms with Gasteiger partial charge in [-0.2, -0.15) is 0 Å². The molecule has 2 atom stereocenters. The fourth-order valence-corrected chi connectivity index (χ4v) is 3.33. The van der Waals surface area contributed by atoms with Crippen LogP contribution < -0.4 is 0 Å². The quantitative estimate of drug-likeness (QED) is 0.775. The molecule has 2 unspecified atom stereocenters. The zero-order valence-corrected chi connectivity index (χ0v) is 12.3. The van der Waals surface area contributed by atoms with Gasteiger partial charge in [0.25, 0.3) is 0 Å². The van der Waals surface area contributed by atoms with Gasteiger partial charge in [-0.15, -0.1) is 0 Å². The summed E-state index contributed by atoms with van der Waals surface area (Å²) in [6.07, 6.45) is 2.61. The van der Waals surface area contributed by atoms with Crippen molar-refractivity contribution in [3.8, 4) is 0 Å². The molecule has 1 aliphatic heterocycles. The molecule has 100 valence electrons. The molecule has 0 bridgehead atoms. The highest BCUT2D eigenvalue weighted by molar-refractivity contribution is 5.15. The van der Waals surface area contributed by atoms with Crippen LogP contribution in [-0.4, -0.2) is 23.5 Å². The van der Waals surface area contributed by atoms with E-state index in [1.807, 2.05) is 0 Å². The molecule has 1 heterocycles. The molecule has 1 fully saturated rings. The number of rotatable bonds is 4. The normalized spacial score (nSPS) is 25.2. The number of hydrogen-bond donors (Lipinski definition) is 0. The Hall–Kier alpha value is -0.820. The van der Waals surface area contributed by atoms with E-state index in [9.17, 15) is 0 Å². The van der Waals surface area contributed by atoms with Crippen LogP contribution >= 0.6 is 0 Å². The standard InChI is InChI=1S/C17H27N/c1-13(2)17-11-16(12-18(17)14(3)4)10-15-8-6-5-7-9-15/h5-9,13-14,16-17H,10-12H2,1-4H3. The Kier molecular flexibility index (Phi) is 4.45. The molecule has 1 aromatic rings. The van der Waals surface area contributed by atoms with Gasteiger partial charge in [0, 0.05) is 18.6 Å². The molecule has 18 heavy (non-hydrogen) atoms. The summed E-state index contributed by atoms with van der Waals surface area (Å²) >= 11 is 0. The Morgan fingerprint density at radius 2 is 1.78 bits per heavy atom. The monoisotopic (exact) mass is 245 g/mol. The number of nitrogens with zero attached hydrogens (tertiary/aromatic N) is 1. The lowest BCUT2D eigenvalue weighted by Gasteiger charge is -2.30. The van der Waals surface area contributed by atoms with E-state index in [0.29, 0.717) is 6.04 Å². The summed E-state index contributed by atoms with van der Waals surface area (Å²) in [4.78, 5) is 2.71. The summed E-state index contributed by atoms with van der Waals surface area (Å²) in [5, 5.41) is 0. The van der Waals surface area contributed by atoms with E-state index in [4.69, 9.17) is 0 Å². The maximum atomic E-state index is 2.71. The molecular formula is C17H27N. The molecule has 1 aromatic carbocycles. The lowest BCUT2D eigenvalue weighted by molar-refractivity contribution is 0.164. The van der Waals surface area contributed by atoms with Gasteiger partial charge in [0.1, 0.15) is 0 Å². The van der Waals surface area contributed by atoms with Crippen molar-refractivity contribution in [3.05, 3.63) is 35.9 Å². The van der Waals surface area contributed by atoms with Gasteiger partial charge in [0.15, 0.2) is 0 Å². The zero-order valence-electron chi connectivity index (χ0n) is 12.3. The Morgan fingerprint density at radius 1 is 1.11 bits per heavy atom. The Labute approximate surface area is 112 Å². The van der Waals surface area contributed by atoms with Crippen molar-refractivity contribution in [3.63, 3.8) is 0 Å². The summed E-state index contributed by atoms with van der Waals surface area (Å²) in [6, 6.07) is 12.4. The van der Waals surface area contributed by atoms with Gasteiger partial charge in [-0.1, -0.05) is 44.2 Å². The van der Waals surface area contributed by atoms with Crippen LogP contribution in [-0.2, 0) is 6.42 Å². The minimum atomic E-state index is 0.679. The van der Waals surface area contributed by atoms with Gasteiger partial charge in [-0.3, -0.25) is 4.90 Å². The van der Waals surface area contributed by atoms with Gasteiger partial charge < -0.3 is 0 Å². The number of likely N-dealkylation sites (tertiary alicyclic amines) is 1. The Bertz CT molecular complexity index is 339. The molecule has 0 radical (unpaired) electrons. The van der Waals surface area contributed by atoms with Gasteiger partial charge >= 0.3 is 0 Å². The summed E-state index contributed by atoms with van der Waals surface area (Å²) < 4.78 is 0. The highest BCUT2D eigenvalue weighted by Gasteiger charge is 2.34. The molecule has 1 aliphatic rings. The molecule has 0 saturated carbocycles. The second-order valence-electron chi connectivity index (χ2n) is 6.39. The van der Waals surface area contributed by atoms with Crippen LogP contribution in [0.1, 0.15) is 39.7 Å². The largest absolute Gasteiger partial charge is 0.297 e. The summed E-state index contributed by atoms with van der Waals surface area (Å²) in [6.45, 7) is 10.7.